The highest BCUT2D eigenvalue weighted by atomic mass is 35.5. The van der Waals surface area contributed by atoms with Crippen LogP contribution < -0.4 is 15.8 Å². The number of nitrogens with two attached hydrogens (primary N) is 1. The number of nitrogens with one attached hydrogen (secondary N) is 2. The monoisotopic (exact) mass is 598 g/mol. The average molecular weight is 599 g/mol. The van der Waals surface area contributed by atoms with Crippen molar-refractivity contribution in [1.82, 2.24) is 14.9 Å². The maximum atomic E-state index is 14.0. The molecule has 0 aliphatic carbocycles. The molecule has 0 unspecified atom stereocenters. The van der Waals surface area contributed by atoms with E-state index < -0.39 is 63.8 Å². The molecule has 0 saturated carbocycles. The molecule has 40 heavy (non-hydrogen) atoms. The Labute approximate surface area is 237 Å². The minimum atomic E-state index is -3.93. The summed E-state index contributed by atoms with van der Waals surface area (Å²) in [5, 5.41) is 2.96. The largest absolute Gasteiger partial charge is 0.374 e. The zero-order chi connectivity index (χ0) is 30.0. The number of benzene rings is 2. The number of halogens is 3. The quantitative estimate of drug-likeness (QED) is 0.385. The Morgan fingerprint density at radius 3 is 2.27 bits per heavy atom. The number of rotatable bonds is 10. The summed E-state index contributed by atoms with van der Waals surface area (Å²) in [4.78, 5) is 27.5. The Kier molecular flexibility index (Phi) is 9.42. The van der Waals surface area contributed by atoms with Crippen LogP contribution in [0.4, 0.5) is 8.78 Å². The smallest absolute Gasteiger partial charge is 0.247 e. The first kappa shape index (κ1) is 31.6. The third-order valence-corrected chi connectivity index (χ3v) is 8.40. The Balaban J connectivity index is 1.89. The molecule has 0 radical (unpaired) electrons. The van der Waals surface area contributed by atoms with Gasteiger partial charge in [0.05, 0.1) is 29.2 Å². The first-order valence-electron chi connectivity index (χ1n) is 12.3. The number of carbonyl (C=O) groups is 2. The van der Waals surface area contributed by atoms with E-state index >= 15 is 0 Å². The van der Waals surface area contributed by atoms with Gasteiger partial charge in [0.15, 0.2) is 0 Å². The number of amides is 2. The highest BCUT2D eigenvalue weighted by Crippen LogP contribution is 2.38. The van der Waals surface area contributed by atoms with Gasteiger partial charge >= 0.3 is 0 Å². The van der Waals surface area contributed by atoms with Gasteiger partial charge in [-0.3, -0.25) is 9.59 Å². The molecule has 0 fully saturated rings. The molecule has 218 valence electrons. The lowest BCUT2D eigenvalue weighted by atomic mass is 9.92. The Morgan fingerprint density at radius 2 is 1.73 bits per heavy atom. The van der Waals surface area contributed by atoms with Gasteiger partial charge < -0.3 is 20.7 Å². The van der Waals surface area contributed by atoms with Crippen molar-refractivity contribution in [2.45, 2.75) is 51.4 Å². The van der Waals surface area contributed by atoms with Crippen molar-refractivity contribution in [3.05, 3.63) is 75.8 Å². The van der Waals surface area contributed by atoms with Gasteiger partial charge in [0.2, 0.25) is 21.8 Å². The second-order valence-corrected chi connectivity index (χ2v) is 12.8. The van der Waals surface area contributed by atoms with Crippen molar-refractivity contribution >= 4 is 38.3 Å². The molecule has 4 N–H and O–H groups in total. The SMILES string of the molecule is CN(CC1=C(c2ccc(Cl)cc2)S(=O)(=O)NC1(C)C)C(=O)[C@@H](COCc1c(F)cccc1F)NC(=O)C(C)(C)N. The third-order valence-electron chi connectivity index (χ3n) is 6.35. The summed E-state index contributed by atoms with van der Waals surface area (Å²) >= 11 is 5.98. The fraction of sp³-hybridized carbons (Fsp3) is 0.407. The summed E-state index contributed by atoms with van der Waals surface area (Å²) in [5.74, 6) is -2.92. The molecule has 0 spiro atoms. The lowest BCUT2D eigenvalue weighted by molar-refractivity contribution is -0.138. The minimum Gasteiger partial charge on any atom is -0.374 e. The second-order valence-electron chi connectivity index (χ2n) is 10.7. The van der Waals surface area contributed by atoms with Crippen LogP contribution in [0.15, 0.2) is 48.0 Å². The molecule has 3 rings (SSSR count). The van der Waals surface area contributed by atoms with Crippen LogP contribution in [0.3, 0.4) is 0 Å². The molecular weight excluding hydrogens is 566 g/mol. The number of hydrogen-bond acceptors (Lipinski definition) is 6. The maximum absolute atomic E-state index is 14.0. The van der Waals surface area contributed by atoms with Crippen LogP contribution in [-0.4, -0.2) is 62.5 Å². The molecule has 1 aliphatic rings. The Hall–Kier alpha value is -2.90. The van der Waals surface area contributed by atoms with Crippen LogP contribution in [-0.2, 0) is 31.0 Å². The summed E-state index contributed by atoms with van der Waals surface area (Å²) < 4.78 is 62.3. The van der Waals surface area contributed by atoms with Crippen molar-refractivity contribution in [3.8, 4) is 0 Å². The highest BCUT2D eigenvalue weighted by Gasteiger charge is 2.44. The van der Waals surface area contributed by atoms with Crippen molar-refractivity contribution in [3.63, 3.8) is 0 Å². The van der Waals surface area contributed by atoms with Crippen molar-refractivity contribution in [1.29, 1.82) is 0 Å². The van der Waals surface area contributed by atoms with Gasteiger partial charge in [-0.1, -0.05) is 29.8 Å². The zero-order valence-electron chi connectivity index (χ0n) is 22.8. The number of sulfonamides is 1. The third kappa shape index (κ3) is 7.24. The summed E-state index contributed by atoms with van der Waals surface area (Å²) in [6.45, 7) is 5.19. The van der Waals surface area contributed by atoms with Crippen LogP contribution in [0.1, 0.15) is 38.8 Å². The molecule has 1 atom stereocenters. The van der Waals surface area contributed by atoms with E-state index in [1.807, 2.05) is 0 Å². The van der Waals surface area contributed by atoms with Gasteiger partial charge in [-0.05, 0) is 63.1 Å². The van der Waals surface area contributed by atoms with Crippen LogP contribution in [0, 0.1) is 11.6 Å². The van der Waals surface area contributed by atoms with Gasteiger partial charge in [-0.15, -0.1) is 0 Å². The zero-order valence-corrected chi connectivity index (χ0v) is 24.4. The summed E-state index contributed by atoms with van der Waals surface area (Å²) in [6.07, 6.45) is 0. The van der Waals surface area contributed by atoms with Gasteiger partial charge in [0.1, 0.15) is 17.7 Å². The molecule has 0 aromatic heterocycles. The van der Waals surface area contributed by atoms with E-state index in [9.17, 15) is 26.8 Å². The molecule has 1 aliphatic heterocycles. The van der Waals surface area contributed by atoms with Crippen LogP contribution in [0.2, 0.25) is 5.02 Å². The van der Waals surface area contributed by atoms with E-state index in [-0.39, 0.29) is 17.0 Å². The van der Waals surface area contributed by atoms with E-state index in [1.54, 1.807) is 38.1 Å². The summed E-state index contributed by atoms with van der Waals surface area (Å²) in [5.41, 5.74) is 3.97. The summed E-state index contributed by atoms with van der Waals surface area (Å²) in [6, 6.07) is 8.35. The summed E-state index contributed by atoms with van der Waals surface area (Å²) in [7, 11) is -2.48. The molecule has 0 saturated heterocycles. The van der Waals surface area contributed by atoms with Crippen LogP contribution in [0.5, 0.6) is 0 Å². The van der Waals surface area contributed by atoms with Crippen molar-refractivity contribution in [2.75, 3.05) is 20.2 Å². The van der Waals surface area contributed by atoms with Gasteiger partial charge in [-0.2, -0.15) is 0 Å². The normalized spacial score (nSPS) is 17.0. The number of hydrogen-bond donors (Lipinski definition) is 3. The average Bonchev–Trinajstić information content (AvgIpc) is 3.02. The van der Waals surface area contributed by atoms with E-state index in [1.165, 1.54) is 31.9 Å². The van der Waals surface area contributed by atoms with E-state index in [0.29, 0.717) is 16.2 Å². The number of carbonyl (C=O) groups excluding carboxylic acids is 2. The lowest BCUT2D eigenvalue weighted by Crippen LogP contribution is -2.57. The maximum Gasteiger partial charge on any atom is 0.247 e. The fourth-order valence-corrected chi connectivity index (χ4v) is 6.26. The minimum absolute atomic E-state index is 0.0174. The second kappa shape index (κ2) is 11.9. The van der Waals surface area contributed by atoms with E-state index in [0.717, 1.165) is 12.1 Å². The van der Waals surface area contributed by atoms with Crippen molar-refractivity contribution in [2.24, 2.45) is 5.73 Å². The Bertz CT molecular complexity index is 1400. The van der Waals surface area contributed by atoms with Gasteiger partial charge in [0, 0.05) is 24.2 Å². The van der Waals surface area contributed by atoms with Gasteiger partial charge in [-0.25, -0.2) is 21.9 Å². The molecular formula is C27H33ClF2N4O5S. The highest BCUT2D eigenvalue weighted by molar-refractivity contribution is 7.99. The first-order valence-corrected chi connectivity index (χ1v) is 14.2. The van der Waals surface area contributed by atoms with E-state index in [4.69, 9.17) is 22.1 Å². The van der Waals surface area contributed by atoms with Crippen molar-refractivity contribution < 1.29 is 31.5 Å². The molecule has 0 bridgehead atoms. The molecule has 2 amide bonds. The number of ether oxygens (including phenoxy) is 1. The number of likely N-dealkylation sites (N-methyl/N-ethyl adjacent to an activating group) is 1. The molecule has 2 aromatic carbocycles. The molecule has 1 heterocycles. The standard InChI is InChI=1S/C27H33ClF2N4O5S/c1-26(2,31)25(36)32-22(15-39-14-18-20(29)7-6-8-21(18)30)24(35)34(5)13-19-23(16-9-11-17(28)12-10-16)40(37,38)33-27(19,3)4/h6-12,22,33H,13-15,31H2,1-5H3,(H,32,36)/t22-/m1/s1. The number of nitrogens with zero attached hydrogens (tertiary/aromatic N) is 1. The van der Waals surface area contributed by atoms with Gasteiger partial charge in [0.25, 0.3) is 0 Å². The topological polar surface area (TPSA) is 131 Å². The fourth-order valence-electron chi connectivity index (χ4n) is 4.14. The van der Waals surface area contributed by atoms with Crippen LogP contribution >= 0.6 is 11.6 Å². The Morgan fingerprint density at radius 1 is 1.15 bits per heavy atom. The first-order chi connectivity index (χ1) is 18.4. The van der Waals surface area contributed by atoms with Crippen LogP contribution in [0.25, 0.3) is 4.91 Å². The molecule has 2 aromatic rings. The predicted molar refractivity (Wildman–Crippen MR) is 148 cm³/mol. The molecule has 9 nitrogen and oxygen atoms in total. The molecule has 13 heteroatoms. The van der Waals surface area contributed by atoms with E-state index in [2.05, 4.69) is 10.0 Å². The lowest BCUT2D eigenvalue weighted by Gasteiger charge is -2.30. The predicted octanol–water partition coefficient (Wildman–Crippen LogP) is 2.94.